The van der Waals surface area contributed by atoms with E-state index in [1.54, 1.807) is 18.7 Å². The molecule has 30 heavy (non-hydrogen) atoms. The van der Waals surface area contributed by atoms with Crippen LogP contribution in [0.15, 0.2) is 29.2 Å². The molecule has 0 aliphatic heterocycles. The Morgan fingerprint density at radius 2 is 1.77 bits per heavy atom. The van der Waals surface area contributed by atoms with E-state index in [2.05, 4.69) is 5.32 Å². The summed E-state index contributed by atoms with van der Waals surface area (Å²) in [7, 11) is 0. The van der Waals surface area contributed by atoms with E-state index < -0.39 is 5.97 Å². The molecule has 8 heteroatoms. The molecule has 0 bridgehead atoms. The number of amides is 2. The van der Waals surface area contributed by atoms with E-state index in [0.29, 0.717) is 28.5 Å². The molecule has 0 fully saturated rings. The first-order valence-electron chi connectivity index (χ1n) is 9.91. The van der Waals surface area contributed by atoms with Gasteiger partial charge in [-0.25, -0.2) is 4.79 Å². The third-order valence-corrected chi connectivity index (χ3v) is 6.95. The van der Waals surface area contributed by atoms with Crippen LogP contribution >= 0.6 is 23.1 Å². The fourth-order valence-corrected chi connectivity index (χ4v) is 4.94. The van der Waals surface area contributed by atoms with Crippen molar-refractivity contribution < 1.29 is 19.1 Å². The summed E-state index contributed by atoms with van der Waals surface area (Å²) in [5.41, 5.74) is 1.89. The molecular formula is C22H28N2O4S2. The van der Waals surface area contributed by atoms with Gasteiger partial charge in [-0.15, -0.1) is 23.1 Å². The molecular weight excluding hydrogens is 420 g/mol. The number of thioether (sulfide) groups is 1. The minimum Gasteiger partial charge on any atom is -0.462 e. The third-order valence-electron chi connectivity index (χ3n) is 4.58. The molecule has 6 nitrogen and oxygen atoms in total. The van der Waals surface area contributed by atoms with E-state index in [0.717, 1.165) is 21.8 Å². The van der Waals surface area contributed by atoms with Gasteiger partial charge in [0.25, 0.3) is 5.91 Å². The molecule has 0 aliphatic rings. The summed E-state index contributed by atoms with van der Waals surface area (Å²) >= 11 is 2.56. The lowest BCUT2D eigenvalue weighted by atomic mass is 10.1. The highest BCUT2D eigenvalue weighted by molar-refractivity contribution is 8.00. The van der Waals surface area contributed by atoms with Crippen molar-refractivity contribution in [1.29, 1.82) is 0 Å². The van der Waals surface area contributed by atoms with Gasteiger partial charge in [-0.2, -0.15) is 0 Å². The van der Waals surface area contributed by atoms with E-state index in [4.69, 9.17) is 4.74 Å². The van der Waals surface area contributed by atoms with E-state index in [1.807, 2.05) is 45.0 Å². The van der Waals surface area contributed by atoms with Crippen molar-refractivity contribution in [3.63, 3.8) is 0 Å². The molecule has 0 unspecified atom stereocenters. The summed E-state index contributed by atoms with van der Waals surface area (Å²) in [4.78, 5) is 41.2. The van der Waals surface area contributed by atoms with Gasteiger partial charge in [-0.05, 0) is 51.8 Å². The summed E-state index contributed by atoms with van der Waals surface area (Å²) in [5, 5.41) is 3.18. The number of anilines is 1. The summed E-state index contributed by atoms with van der Waals surface area (Å²) in [6, 6.07) is 7.84. The Balaban J connectivity index is 2.27. The second-order valence-corrected chi connectivity index (χ2v) is 8.60. The third kappa shape index (κ3) is 5.64. The number of ether oxygens (including phenoxy) is 1. The van der Waals surface area contributed by atoms with Crippen LogP contribution in [-0.2, 0) is 9.53 Å². The van der Waals surface area contributed by atoms with E-state index >= 15 is 0 Å². The number of thiophene rings is 1. The predicted octanol–water partition coefficient (Wildman–Crippen LogP) is 4.75. The maximum absolute atomic E-state index is 12.9. The lowest BCUT2D eigenvalue weighted by Gasteiger charge is -2.18. The van der Waals surface area contributed by atoms with Crippen molar-refractivity contribution in [2.24, 2.45) is 0 Å². The monoisotopic (exact) mass is 448 g/mol. The van der Waals surface area contributed by atoms with E-state index in [9.17, 15) is 14.4 Å². The first kappa shape index (κ1) is 24.0. The topological polar surface area (TPSA) is 75.7 Å². The number of carbonyl (C=O) groups excluding carboxylic acids is 3. The van der Waals surface area contributed by atoms with Crippen LogP contribution in [0, 0.1) is 13.8 Å². The zero-order chi connectivity index (χ0) is 22.3. The molecule has 2 aromatic rings. The molecule has 162 valence electrons. The van der Waals surface area contributed by atoms with Crippen LogP contribution in [0.1, 0.15) is 51.9 Å². The Labute approximate surface area is 186 Å². The minimum atomic E-state index is -0.535. The van der Waals surface area contributed by atoms with Gasteiger partial charge in [-0.3, -0.25) is 9.59 Å². The summed E-state index contributed by atoms with van der Waals surface area (Å²) in [6.45, 7) is 10.6. The Hall–Kier alpha value is -2.32. The van der Waals surface area contributed by atoms with Crippen LogP contribution in [0.25, 0.3) is 0 Å². The number of rotatable bonds is 9. The second-order valence-electron chi connectivity index (χ2n) is 6.56. The zero-order valence-electron chi connectivity index (χ0n) is 18.0. The largest absolute Gasteiger partial charge is 0.462 e. The van der Waals surface area contributed by atoms with Gasteiger partial charge in [0.1, 0.15) is 5.00 Å². The van der Waals surface area contributed by atoms with Crippen molar-refractivity contribution in [2.75, 3.05) is 30.8 Å². The first-order chi connectivity index (χ1) is 14.3. The molecule has 0 atom stereocenters. The Morgan fingerprint density at radius 1 is 1.10 bits per heavy atom. The van der Waals surface area contributed by atoms with Gasteiger partial charge in [-0.1, -0.05) is 18.2 Å². The fourth-order valence-electron chi connectivity index (χ4n) is 2.93. The minimum absolute atomic E-state index is 0.150. The average molecular weight is 449 g/mol. The van der Waals surface area contributed by atoms with Crippen LogP contribution in [0.2, 0.25) is 0 Å². The van der Waals surface area contributed by atoms with Crippen LogP contribution in [0.5, 0.6) is 0 Å². The number of nitrogens with zero attached hydrogens (tertiary/aromatic N) is 1. The lowest BCUT2D eigenvalue weighted by Crippen LogP contribution is -2.30. The Kier molecular flexibility index (Phi) is 8.92. The maximum Gasteiger partial charge on any atom is 0.341 e. The molecule has 2 rings (SSSR count). The van der Waals surface area contributed by atoms with Crippen LogP contribution < -0.4 is 5.32 Å². The van der Waals surface area contributed by atoms with Gasteiger partial charge < -0.3 is 15.0 Å². The van der Waals surface area contributed by atoms with Gasteiger partial charge >= 0.3 is 5.97 Å². The first-order valence-corrected chi connectivity index (χ1v) is 11.7. The highest BCUT2D eigenvalue weighted by Gasteiger charge is 2.28. The number of aryl methyl sites for hydroxylation is 1. The predicted molar refractivity (Wildman–Crippen MR) is 123 cm³/mol. The molecule has 0 saturated carbocycles. The smallest absolute Gasteiger partial charge is 0.341 e. The average Bonchev–Trinajstić information content (AvgIpc) is 3.04. The number of benzene rings is 1. The standard InChI is InChI=1S/C22H28N2O4S2/c1-6-24(7-2)21(26)19-15(5)18(22(27)28-8-3)20(30-19)23-17(25)13-29-16-12-10-9-11-14(16)4/h9-12H,6-8,13H2,1-5H3,(H,23,25). The van der Waals surface area contributed by atoms with Crippen LogP contribution in [0.3, 0.4) is 0 Å². The zero-order valence-corrected chi connectivity index (χ0v) is 19.7. The maximum atomic E-state index is 12.9. The highest BCUT2D eigenvalue weighted by atomic mass is 32.2. The number of hydrogen-bond acceptors (Lipinski definition) is 6. The number of carbonyl (C=O) groups is 3. The molecule has 0 saturated heterocycles. The van der Waals surface area contributed by atoms with Crippen molar-refractivity contribution in [3.05, 3.63) is 45.8 Å². The molecule has 1 aromatic carbocycles. The summed E-state index contributed by atoms with van der Waals surface area (Å²) in [5.74, 6) is -0.727. The Bertz CT molecular complexity index is 920. The molecule has 0 radical (unpaired) electrons. The lowest BCUT2D eigenvalue weighted by molar-refractivity contribution is -0.113. The van der Waals surface area contributed by atoms with Crippen molar-refractivity contribution in [2.45, 2.75) is 39.5 Å². The molecule has 0 spiro atoms. The molecule has 2 amide bonds. The van der Waals surface area contributed by atoms with E-state index in [1.165, 1.54) is 11.8 Å². The summed E-state index contributed by atoms with van der Waals surface area (Å²) < 4.78 is 5.17. The number of nitrogens with one attached hydrogen (secondary N) is 1. The van der Waals surface area contributed by atoms with Gasteiger partial charge in [0.05, 0.1) is 22.8 Å². The van der Waals surface area contributed by atoms with Gasteiger partial charge in [0, 0.05) is 18.0 Å². The van der Waals surface area contributed by atoms with Gasteiger partial charge in [0.2, 0.25) is 5.91 Å². The second kappa shape index (κ2) is 11.2. The molecule has 1 heterocycles. The quantitative estimate of drug-likeness (QED) is 0.442. The SMILES string of the molecule is CCOC(=O)c1c(NC(=O)CSc2ccccc2C)sc(C(=O)N(CC)CC)c1C. The molecule has 0 aliphatic carbocycles. The van der Waals surface area contributed by atoms with Crippen molar-refractivity contribution >= 4 is 45.9 Å². The molecule has 1 aromatic heterocycles. The van der Waals surface area contributed by atoms with Crippen molar-refractivity contribution in [3.8, 4) is 0 Å². The van der Waals surface area contributed by atoms with Crippen LogP contribution in [0.4, 0.5) is 5.00 Å². The highest BCUT2D eigenvalue weighted by Crippen LogP contribution is 2.35. The number of hydrogen-bond donors (Lipinski definition) is 1. The fraction of sp³-hybridized carbons (Fsp3) is 0.409. The number of esters is 1. The van der Waals surface area contributed by atoms with E-state index in [-0.39, 0.29) is 29.7 Å². The summed E-state index contributed by atoms with van der Waals surface area (Å²) in [6.07, 6.45) is 0. The Morgan fingerprint density at radius 3 is 2.37 bits per heavy atom. The van der Waals surface area contributed by atoms with Crippen molar-refractivity contribution in [1.82, 2.24) is 4.90 Å². The van der Waals surface area contributed by atoms with Gasteiger partial charge in [0.15, 0.2) is 0 Å². The molecule has 1 N–H and O–H groups in total. The van der Waals surface area contributed by atoms with Crippen LogP contribution in [-0.4, -0.2) is 48.1 Å². The normalized spacial score (nSPS) is 10.6.